The molecule has 1 aromatic heterocycles. The molecule has 2 N–H and O–H groups in total. The summed E-state index contributed by atoms with van der Waals surface area (Å²) >= 11 is 3.43. The number of methoxy groups -OCH3 is 1. The molecule has 0 saturated carbocycles. The summed E-state index contributed by atoms with van der Waals surface area (Å²) < 4.78 is 6.44. The molecular formula is C13H16N2OS2. The third-order valence-electron chi connectivity index (χ3n) is 2.53. The second-order valence-corrected chi connectivity index (χ2v) is 5.97. The van der Waals surface area contributed by atoms with Crippen molar-refractivity contribution in [2.45, 2.75) is 23.6 Å². The zero-order valence-electron chi connectivity index (χ0n) is 10.5. The Labute approximate surface area is 115 Å². The van der Waals surface area contributed by atoms with E-state index in [1.54, 1.807) is 30.2 Å². The Balaban J connectivity index is 2.05. The zero-order chi connectivity index (χ0) is 13.0. The minimum atomic E-state index is 0.502. The van der Waals surface area contributed by atoms with Gasteiger partial charge in [-0.1, -0.05) is 23.9 Å². The Hall–Kier alpha value is -1.04. The lowest BCUT2D eigenvalue weighted by Crippen LogP contribution is -2.00. The molecule has 2 rings (SSSR count). The molecule has 2 aromatic rings. The van der Waals surface area contributed by atoms with Crippen molar-refractivity contribution < 1.29 is 4.74 Å². The van der Waals surface area contributed by atoms with Gasteiger partial charge in [-0.05, 0) is 18.6 Å². The van der Waals surface area contributed by atoms with Gasteiger partial charge in [0, 0.05) is 28.9 Å². The SMILES string of the molecule is COc1cc(CSc2nc(C)cs2)ccc1CN. The third kappa shape index (κ3) is 3.25. The van der Waals surface area contributed by atoms with Gasteiger partial charge in [-0.3, -0.25) is 0 Å². The molecule has 1 aromatic carbocycles. The van der Waals surface area contributed by atoms with Crippen LogP contribution in [0, 0.1) is 6.92 Å². The number of hydrogen-bond acceptors (Lipinski definition) is 5. The van der Waals surface area contributed by atoms with Gasteiger partial charge in [-0.2, -0.15) is 0 Å². The van der Waals surface area contributed by atoms with Gasteiger partial charge < -0.3 is 10.5 Å². The standard InChI is InChI=1S/C13H16N2OS2/c1-9-7-17-13(15-9)18-8-10-3-4-11(6-14)12(5-10)16-2/h3-5,7H,6,8,14H2,1-2H3. The molecule has 0 fully saturated rings. The van der Waals surface area contributed by atoms with Gasteiger partial charge in [0.25, 0.3) is 0 Å². The van der Waals surface area contributed by atoms with Crippen LogP contribution in [0.2, 0.25) is 0 Å². The van der Waals surface area contributed by atoms with Crippen LogP contribution in [-0.4, -0.2) is 12.1 Å². The Morgan fingerprint density at radius 3 is 2.89 bits per heavy atom. The van der Waals surface area contributed by atoms with E-state index in [1.165, 1.54) is 5.56 Å². The van der Waals surface area contributed by atoms with E-state index in [0.717, 1.165) is 27.1 Å². The fraction of sp³-hybridized carbons (Fsp3) is 0.308. The maximum absolute atomic E-state index is 5.65. The van der Waals surface area contributed by atoms with Crippen molar-refractivity contribution in [3.63, 3.8) is 0 Å². The van der Waals surface area contributed by atoms with Crippen LogP contribution in [0.5, 0.6) is 5.75 Å². The zero-order valence-corrected chi connectivity index (χ0v) is 12.1. The van der Waals surface area contributed by atoms with Gasteiger partial charge in [0.05, 0.1) is 7.11 Å². The van der Waals surface area contributed by atoms with Crippen molar-refractivity contribution in [1.82, 2.24) is 4.98 Å². The van der Waals surface area contributed by atoms with E-state index in [0.29, 0.717) is 6.54 Å². The first-order valence-electron chi connectivity index (χ1n) is 5.63. The predicted octanol–water partition coefficient (Wildman–Crippen LogP) is 3.21. The summed E-state index contributed by atoms with van der Waals surface area (Å²) in [7, 11) is 1.68. The summed E-state index contributed by atoms with van der Waals surface area (Å²) in [5.74, 6) is 1.76. The van der Waals surface area contributed by atoms with Crippen molar-refractivity contribution in [3.8, 4) is 5.75 Å². The van der Waals surface area contributed by atoms with Crippen molar-refractivity contribution >= 4 is 23.1 Å². The number of nitrogens with two attached hydrogens (primary N) is 1. The molecule has 0 spiro atoms. The van der Waals surface area contributed by atoms with Crippen LogP contribution in [0.3, 0.4) is 0 Å². The highest BCUT2D eigenvalue weighted by atomic mass is 32.2. The number of aryl methyl sites for hydroxylation is 1. The van der Waals surface area contributed by atoms with E-state index in [-0.39, 0.29) is 0 Å². The van der Waals surface area contributed by atoms with Gasteiger partial charge in [-0.15, -0.1) is 11.3 Å². The maximum atomic E-state index is 5.65. The highest BCUT2D eigenvalue weighted by Gasteiger charge is 2.05. The van der Waals surface area contributed by atoms with E-state index in [2.05, 4.69) is 22.5 Å². The molecule has 3 nitrogen and oxygen atoms in total. The first-order chi connectivity index (χ1) is 8.72. The van der Waals surface area contributed by atoms with Crippen molar-refractivity contribution in [3.05, 3.63) is 40.4 Å². The monoisotopic (exact) mass is 280 g/mol. The summed E-state index contributed by atoms with van der Waals surface area (Å²) in [6, 6.07) is 6.18. The Morgan fingerprint density at radius 2 is 2.28 bits per heavy atom. The smallest absolute Gasteiger partial charge is 0.150 e. The number of hydrogen-bond donors (Lipinski definition) is 1. The lowest BCUT2D eigenvalue weighted by molar-refractivity contribution is 0.409. The second-order valence-electron chi connectivity index (χ2n) is 3.89. The second kappa shape index (κ2) is 6.22. The van der Waals surface area contributed by atoms with Gasteiger partial charge in [0.1, 0.15) is 10.1 Å². The Morgan fingerprint density at radius 1 is 1.44 bits per heavy atom. The molecule has 5 heteroatoms. The molecule has 96 valence electrons. The number of benzene rings is 1. The van der Waals surface area contributed by atoms with Crippen LogP contribution in [-0.2, 0) is 12.3 Å². The number of nitrogens with zero attached hydrogens (tertiary/aromatic N) is 1. The molecular weight excluding hydrogens is 264 g/mol. The van der Waals surface area contributed by atoms with Crippen LogP contribution in [0.25, 0.3) is 0 Å². The van der Waals surface area contributed by atoms with Crippen LogP contribution in [0.1, 0.15) is 16.8 Å². The Bertz CT molecular complexity index is 525. The minimum Gasteiger partial charge on any atom is -0.496 e. The molecule has 0 aliphatic rings. The number of aromatic nitrogens is 1. The summed E-state index contributed by atoms with van der Waals surface area (Å²) in [4.78, 5) is 4.43. The molecule has 0 aliphatic heterocycles. The predicted molar refractivity (Wildman–Crippen MR) is 77.3 cm³/mol. The van der Waals surface area contributed by atoms with Crippen molar-refractivity contribution in [2.75, 3.05) is 7.11 Å². The third-order valence-corrected chi connectivity index (χ3v) is 4.74. The van der Waals surface area contributed by atoms with Crippen molar-refractivity contribution in [2.24, 2.45) is 5.73 Å². The van der Waals surface area contributed by atoms with E-state index >= 15 is 0 Å². The van der Waals surface area contributed by atoms with Crippen LogP contribution < -0.4 is 10.5 Å². The first kappa shape index (κ1) is 13.4. The average Bonchev–Trinajstić information content (AvgIpc) is 2.81. The van der Waals surface area contributed by atoms with Crippen LogP contribution in [0.4, 0.5) is 0 Å². The molecule has 18 heavy (non-hydrogen) atoms. The molecule has 0 unspecified atom stereocenters. The van der Waals surface area contributed by atoms with E-state index in [9.17, 15) is 0 Å². The fourth-order valence-corrected chi connectivity index (χ4v) is 3.38. The molecule has 0 radical (unpaired) electrons. The molecule has 0 aliphatic carbocycles. The topological polar surface area (TPSA) is 48.1 Å². The number of thioether (sulfide) groups is 1. The van der Waals surface area contributed by atoms with Crippen molar-refractivity contribution in [1.29, 1.82) is 0 Å². The summed E-state index contributed by atoms with van der Waals surface area (Å²) in [6.45, 7) is 2.52. The molecule has 1 heterocycles. The van der Waals surface area contributed by atoms with E-state index < -0.39 is 0 Å². The molecule has 0 saturated heterocycles. The van der Waals surface area contributed by atoms with E-state index in [4.69, 9.17) is 10.5 Å². The van der Waals surface area contributed by atoms with E-state index in [1.807, 2.05) is 13.0 Å². The number of ether oxygens (including phenoxy) is 1. The lowest BCUT2D eigenvalue weighted by atomic mass is 10.1. The molecule has 0 amide bonds. The highest BCUT2D eigenvalue weighted by molar-refractivity contribution is 8.00. The van der Waals surface area contributed by atoms with Gasteiger partial charge in [0.2, 0.25) is 0 Å². The summed E-state index contributed by atoms with van der Waals surface area (Å²) in [5, 5.41) is 2.07. The van der Waals surface area contributed by atoms with Gasteiger partial charge in [0.15, 0.2) is 0 Å². The number of thiazole rings is 1. The summed E-state index contributed by atoms with van der Waals surface area (Å²) in [5.41, 5.74) is 8.99. The largest absolute Gasteiger partial charge is 0.496 e. The average molecular weight is 280 g/mol. The molecule has 0 atom stereocenters. The quantitative estimate of drug-likeness (QED) is 0.854. The normalized spacial score (nSPS) is 10.6. The highest BCUT2D eigenvalue weighted by Crippen LogP contribution is 2.28. The molecule has 0 bridgehead atoms. The maximum Gasteiger partial charge on any atom is 0.150 e. The lowest BCUT2D eigenvalue weighted by Gasteiger charge is -2.08. The first-order valence-corrected chi connectivity index (χ1v) is 7.50. The fourth-order valence-electron chi connectivity index (χ4n) is 1.59. The number of rotatable bonds is 5. The van der Waals surface area contributed by atoms with Crippen LogP contribution in [0.15, 0.2) is 27.9 Å². The minimum absolute atomic E-state index is 0.502. The van der Waals surface area contributed by atoms with Gasteiger partial charge >= 0.3 is 0 Å². The van der Waals surface area contributed by atoms with Crippen LogP contribution >= 0.6 is 23.1 Å². The van der Waals surface area contributed by atoms with Gasteiger partial charge in [-0.25, -0.2) is 4.98 Å². The summed E-state index contributed by atoms with van der Waals surface area (Å²) in [6.07, 6.45) is 0. The Kier molecular flexibility index (Phi) is 4.63.